The molecule has 0 bridgehead atoms. The average Bonchev–Trinajstić information content (AvgIpc) is 2.48. The number of likely N-dealkylation sites (tertiary alicyclic amines) is 1. The molecule has 0 saturated carbocycles. The van der Waals surface area contributed by atoms with Crippen molar-refractivity contribution in [1.82, 2.24) is 4.90 Å². The first kappa shape index (κ1) is 11.5. The highest BCUT2D eigenvalue weighted by Gasteiger charge is 2.36. The maximum Gasteiger partial charge on any atom is 0.210 e. The van der Waals surface area contributed by atoms with Crippen LogP contribution in [0.4, 0.5) is 0 Å². The summed E-state index contributed by atoms with van der Waals surface area (Å²) in [5, 5.41) is 0. The summed E-state index contributed by atoms with van der Waals surface area (Å²) in [5.74, 6) is 0.456. The van der Waals surface area contributed by atoms with Crippen LogP contribution in [-0.2, 0) is 9.53 Å². The van der Waals surface area contributed by atoms with Crippen LogP contribution in [0, 0.1) is 5.92 Å². The standard InChI is InChI=1S/C11H21NO2/c1-8(2)11(14-4)10-6-5-9(3)12(10)7-13/h7-11H,5-6H2,1-4H3. The molecule has 0 N–H and O–H groups in total. The summed E-state index contributed by atoms with van der Waals surface area (Å²) in [5.41, 5.74) is 0. The van der Waals surface area contributed by atoms with Crippen molar-refractivity contribution in [3.63, 3.8) is 0 Å². The van der Waals surface area contributed by atoms with Crippen molar-refractivity contribution in [2.75, 3.05) is 7.11 Å². The quantitative estimate of drug-likeness (QED) is 0.644. The van der Waals surface area contributed by atoms with E-state index in [0.29, 0.717) is 12.0 Å². The van der Waals surface area contributed by atoms with Crippen molar-refractivity contribution in [3.05, 3.63) is 0 Å². The van der Waals surface area contributed by atoms with Gasteiger partial charge in [-0.3, -0.25) is 4.79 Å². The van der Waals surface area contributed by atoms with Crippen molar-refractivity contribution in [2.24, 2.45) is 5.92 Å². The third-order valence-corrected chi connectivity index (χ3v) is 3.20. The third-order valence-electron chi connectivity index (χ3n) is 3.20. The van der Waals surface area contributed by atoms with E-state index in [2.05, 4.69) is 20.8 Å². The van der Waals surface area contributed by atoms with Gasteiger partial charge in [0.25, 0.3) is 0 Å². The molecule has 0 aromatic carbocycles. The first-order valence-corrected chi connectivity index (χ1v) is 5.37. The minimum atomic E-state index is 0.171. The van der Waals surface area contributed by atoms with Gasteiger partial charge in [-0.25, -0.2) is 0 Å². The van der Waals surface area contributed by atoms with E-state index in [9.17, 15) is 4.79 Å². The van der Waals surface area contributed by atoms with Crippen molar-refractivity contribution >= 4 is 6.41 Å². The molecular weight excluding hydrogens is 178 g/mol. The molecule has 1 amide bonds. The van der Waals surface area contributed by atoms with E-state index < -0.39 is 0 Å². The van der Waals surface area contributed by atoms with E-state index >= 15 is 0 Å². The maximum absolute atomic E-state index is 10.9. The predicted molar refractivity (Wildman–Crippen MR) is 56.0 cm³/mol. The summed E-state index contributed by atoms with van der Waals surface area (Å²) in [6, 6.07) is 0.640. The smallest absolute Gasteiger partial charge is 0.210 e. The largest absolute Gasteiger partial charge is 0.379 e. The molecule has 3 heteroatoms. The second-order valence-electron chi connectivity index (χ2n) is 4.49. The van der Waals surface area contributed by atoms with Crippen LogP contribution in [0.5, 0.6) is 0 Å². The number of hydrogen-bond donors (Lipinski definition) is 0. The zero-order valence-corrected chi connectivity index (χ0v) is 9.56. The van der Waals surface area contributed by atoms with Gasteiger partial charge in [0.2, 0.25) is 6.41 Å². The van der Waals surface area contributed by atoms with Crippen molar-refractivity contribution in [2.45, 2.75) is 51.8 Å². The molecule has 1 aliphatic heterocycles. The van der Waals surface area contributed by atoms with Gasteiger partial charge in [-0.05, 0) is 25.7 Å². The monoisotopic (exact) mass is 199 g/mol. The topological polar surface area (TPSA) is 29.5 Å². The normalized spacial score (nSPS) is 29.6. The fourth-order valence-electron chi connectivity index (χ4n) is 2.43. The summed E-state index contributed by atoms with van der Waals surface area (Å²) >= 11 is 0. The number of ether oxygens (including phenoxy) is 1. The molecule has 3 nitrogen and oxygen atoms in total. The highest BCUT2D eigenvalue weighted by Crippen LogP contribution is 2.28. The van der Waals surface area contributed by atoms with Crippen LogP contribution in [0.25, 0.3) is 0 Å². The number of carbonyl (C=O) groups excluding carboxylic acids is 1. The van der Waals surface area contributed by atoms with Crippen LogP contribution < -0.4 is 0 Å². The molecule has 0 radical (unpaired) electrons. The Kier molecular flexibility index (Phi) is 3.93. The SMILES string of the molecule is COC(C(C)C)C1CCC(C)N1C=O. The van der Waals surface area contributed by atoms with Crippen LogP contribution in [0.2, 0.25) is 0 Å². The molecule has 0 aromatic heterocycles. The summed E-state index contributed by atoms with van der Waals surface area (Å²) in [7, 11) is 1.73. The Morgan fingerprint density at radius 2 is 2.07 bits per heavy atom. The molecule has 1 aliphatic rings. The fraction of sp³-hybridized carbons (Fsp3) is 0.909. The predicted octanol–water partition coefficient (Wildman–Crippen LogP) is 1.67. The van der Waals surface area contributed by atoms with Gasteiger partial charge in [0.05, 0.1) is 12.1 Å². The molecule has 3 unspecified atom stereocenters. The van der Waals surface area contributed by atoms with E-state index in [1.807, 2.05) is 4.90 Å². The van der Waals surface area contributed by atoms with Crippen LogP contribution in [0.1, 0.15) is 33.6 Å². The van der Waals surface area contributed by atoms with Crippen molar-refractivity contribution in [1.29, 1.82) is 0 Å². The summed E-state index contributed by atoms with van der Waals surface area (Å²) < 4.78 is 5.48. The average molecular weight is 199 g/mol. The Morgan fingerprint density at radius 3 is 2.50 bits per heavy atom. The Hall–Kier alpha value is -0.570. The third kappa shape index (κ3) is 2.08. The first-order chi connectivity index (χ1) is 6.61. The minimum absolute atomic E-state index is 0.171. The number of hydrogen-bond acceptors (Lipinski definition) is 2. The Labute approximate surface area is 86.4 Å². The van der Waals surface area contributed by atoms with Gasteiger partial charge < -0.3 is 9.64 Å². The van der Waals surface area contributed by atoms with Gasteiger partial charge in [0.15, 0.2) is 0 Å². The fourth-order valence-corrected chi connectivity index (χ4v) is 2.43. The molecule has 3 atom stereocenters. The Bertz CT molecular complexity index is 194. The lowest BCUT2D eigenvalue weighted by Gasteiger charge is -2.32. The first-order valence-electron chi connectivity index (χ1n) is 5.37. The van der Waals surface area contributed by atoms with Gasteiger partial charge in [0, 0.05) is 13.2 Å². The molecule has 1 heterocycles. The van der Waals surface area contributed by atoms with Crippen LogP contribution >= 0.6 is 0 Å². The van der Waals surface area contributed by atoms with E-state index in [-0.39, 0.29) is 12.1 Å². The summed E-state index contributed by atoms with van der Waals surface area (Å²) in [6.45, 7) is 6.38. The molecule has 1 fully saturated rings. The highest BCUT2D eigenvalue weighted by atomic mass is 16.5. The molecule has 1 saturated heterocycles. The molecular formula is C11H21NO2. The molecule has 14 heavy (non-hydrogen) atoms. The number of carbonyl (C=O) groups is 1. The van der Waals surface area contributed by atoms with E-state index in [1.54, 1.807) is 7.11 Å². The zero-order chi connectivity index (χ0) is 10.7. The van der Waals surface area contributed by atoms with E-state index in [4.69, 9.17) is 4.74 Å². The van der Waals surface area contributed by atoms with E-state index in [0.717, 1.165) is 19.3 Å². The zero-order valence-electron chi connectivity index (χ0n) is 9.56. The van der Waals surface area contributed by atoms with Crippen LogP contribution in [0.3, 0.4) is 0 Å². The summed E-state index contributed by atoms with van der Waals surface area (Å²) in [6.07, 6.45) is 3.30. The lowest BCUT2D eigenvalue weighted by molar-refractivity contribution is -0.124. The molecule has 0 aliphatic carbocycles. The molecule has 1 rings (SSSR count). The number of rotatable bonds is 4. The Balaban J connectivity index is 2.70. The molecule has 0 aromatic rings. The van der Waals surface area contributed by atoms with Crippen LogP contribution in [-0.4, -0.2) is 36.6 Å². The van der Waals surface area contributed by atoms with Gasteiger partial charge in [-0.2, -0.15) is 0 Å². The lowest BCUT2D eigenvalue weighted by atomic mass is 9.98. The minimum Gasteiger partial charge on any atom is -0.379 e. The van der Waals surface area contributed by atoms with Gasteiger partial charge in [0.1, 0.15) is 0 Å². The van der Waals surface area contributed by atoms with Crippen molar-refractivity contribution in [3.8, 4) is 0 Å². The molecule has 82 valence electrons. The van der Waals surface area contributed by atoms with Crippen LogP contribution in [0.15, 0.2) is 0 Å². The summed E-state index contributed by atoms with van der Waals surface area (Å²) in [4.78, 5) is 12.9. The van der Waals surface area contributed by atoms with Crippen molar-refractivity contribution < 1.29 is 9.53 Å². The second kappa shape index (κ2) is 4.78. The van der Waals surface area contributed by atoms with Gasteiger partial charge in [-0.1, -0.05) is 13.8 Å². The van der Waals surface area contributed by atoms with Gasteiger partial charge >= 0.3 is 0 Å². The number of amides is 1. The highest BCUT2D eigenvalue weighted by molar-refractivity contribution is 5.49. The number of methoxy groups -OCH3 is 1. The van der Waals surface area contributed by atoms with E-state index in [1.165, 1.54) is 0 Å². The number of nitrogens with zero attached hydrogens (tertiary/aromatic N) is 1. The maximum atomic E-state index is 10.9. The lowest BCUT2D eigenvalue weighted by Crippen LogP contribution is -2.44. The second-order valence-corrected chi connectivity index (χ2v) is 4.49. The van der Waals surface area contributed by atoms with Gasteiger partial charge in [-0.15, -0.1) is 0 Å². The Morgan fingerprint density at radius 1 is 1.43 bits per heavy atom. The molecule has 0 spiro atoms.